The minimum absolute atomic E-state index is 0.326. The van der Waals surface area contributed by atoms with Crippen molar-refractivity contribution in [2.24, 2.45) is 5.84 Å². The van der Waals surface area contributed by atoms with E-state index >= 15 is 0 Å². The van der Waals surface area contributed by atoms with Gasteiger partial charge in [-0.1, -0.05) is 11.6 Å². The van der Waals surface area contributed by atoms with E-state index in [4.69, 9.17) is 22.2 Å². The fourth-order valence-electron chi connectivity index (χ4n) is 1.01. The summed E-state index contributed by atoms with van der Waals surface area (Å²) >= 11 is 5.67. The molecule has 0 aliphatic carbocycles. The third kappa shape index (κ3) is 4.29. The maximum atomic E-state index is 11.3. The number of benzene rings is 1. The highest BCUT2D eigenvalue weighted by Gasteiger charge is 2.15. The second kappa shape index (κ2) is 6.07. The molecule has 1 atom stereocenters. The van der Waals surface area contributed by atoms with Gasteiger partial charge in [-0.2, -0.15) is 0 Å². The maximum absolute atomic E-state index is 11.3. The maximum Gasteiger partial charge on any atom is 0.413 e. The Morgan fingerprint density at radius 3 is 2.47 bits per heavy atom. The standard InChI is InChI=1S/C10H12ClN3O3/c1-6(9(15)14-12)13-10(16)17-8-4-2-7(11)3-5-8/h2-6H,12H2,1H3,(H,13,16)(H,14,15). The van der Waals surface area contributed by atoms with Crippen LogP contribution in [-0.2, 0) is 4.79 Å². The van der Waals surface area contributed by atoms with E-state index in [0.717, 1.165) is 0 Å². The molecule has 0 saturated heterocycles. The molecule has 92 valence electrons. The first-order valence-electron chi connectivity index (χ1n) is 4.77. The molecule has 0 aliphatic heterocycles. The fraction of sp³-hybridized carbons (Fsp3) is 0.200. The van der Waals surface area contributed by atoms with Crippen molar-refractivity contribution >= 4 is 23.6 Å². The third-order valence-electron chi connectivity index (χ3n) is 1.89. The molecule has 1 unspecified atom stereocenters. The Bertz CT molecular complexity index is 408. The third-order valence-corrected chi connectivity index (χ3v) is 2.15. The van der Waals surface area contributed by atoms with Crippen molar-refractivity contribution < 1.29 is 14.3 Å². The van der Waals surface area contributed by atoms with Crippen LogP contribution in [0.25, 0.3) is 0 Å². The largest absolute Gasteiger partial charge is 0.413 e. The zero-order chi connectivity index (χ0) is 12.8. The highest BCUT2D eigenvalue weighted by atomic mass is 35.5. The lowest BCUT2D eigenvalue weighted by atomic mass is 10.3. The first kappa shape index (κ1) is 13.3. The summed E-state index contributed by atoms with van der Waals surface area (Å²) in [6.45, 7) is 1.48. The number of carbonyl (C=O) groups excluding carboxylic acids is 2. The van der Waals surface area contributed by atoms with E-state index in [1.807, 2.05) is 5.43 Å². The minimum atomic E-state index is -0.778. The molecule has 17 heavy (non-hydrogen) atoms. The Hall–Kier alpha value is -1.79. The van der Waals surface area contributed by atoms with Crippen molar-refractivity contribution in [1.29, 1.82) is 0 Å². The monoisotopic (exact) mass is 257 g/mol. The SMILES string of the molecule is CC(NC(=O)Oc1ccc(Cl)cc1)C(=O)NN. The summed E-state index contributed by atoms with van der Waals surface area (Å²) in [6, 6.07) is 5.46. The van der Waals surface area contributed by atoms with Gasteiger partial charge < -0.3 is 10.1 Å². The number of hydrogen-bond acceptors (Lipinski definition) is 4. The normalized spacial score (nSPS) is 11.5. The van der Waals surface area contributed by atoms with Crippen LogP contribution in [0.3, 0.4) is 0 Å². The Labute approximate surface area is 103 Å². The number of halogens is 1. The number of nitrogens with one attached hydrogen (secondary N) is 2. The number of carbonyl (C=O) groups is 2. The summed E-state index contributed by atoms with van der Waals surface area (Å²) in [5.74, 6) is 4.72. The van der Waals surface area contributed by atoms with E-state index in [2.05, 4.69) is 5.32 Å². The number of nitrogens with two attached hydrogens (primary N) is 1. The van der Waals surface area contributed by atoms with E-state index in [1.54, 1.807) is 12.1 Å². The van der Waals surface area contributed by atoms with E-state index < -0.39 is 18.0 Å². The van der Waals surface area contributed by atoms with Gasteiger partial charge in [0, 0.05) is 5.02 Å². The van der Waals surface area contributed by atoms with Gasteiger partial charge in [0.25, 0.3) is 5.91 Å². The molecule has 0 heterocycles. The first-order valence-corrected chi connectivity index (χ1v) is 5.15. The van der Waals surface area contributed by atoms with E-state index in [0.29, 0.717) is 10.8 Å². The van der Waals surface area contributed by atoms with Crippen LogP contribution >= 0.6 is 11.6 Å². The van der Waals surface area contributed by atoms with Crippen LogP contribution in [0.1, 0.15) is 6.92 Å². The Morgan fingerprint density at radius 1 is 1.35 bits per heavy atom. The van der Waals surface area contributed by atoms with Crippen LogP contribution in [0.4, 0.5) is 4.79 Å². The van der Waals surface area contributed by atoms with Crippen LogP contribution in [0.2, 0.25) is 5.02 Å². The molecule has 1 aromatic carbocycles. The summed E-state index contributed by atoms with van der Waals surface area (Å²) in [5, 5.41) is 2.84. The van der Waals surface area contributed by atoms with E-state index in [9.17, 15) is 9.59 Å². The van der Waals surface area contributed by atoms with Crippen molar-refractivity contribution in [3.05, 3.63) is 29.3 Å². The molecule has 2 amide bonds. The van der Waals surface area contributed by atoms with Gasteiger partial charge in [0.1, 0.15) is 11.8 Å². The second-order valence-corrected chi connectivity index (χ2v) is 3.65. The summed E-state index contributed by atoms with van der Waals surface area (Å²) in [6.07, 6.45) is -0.747. The summed E-state index contributed by atoms with van der Waals surface area (Å²) in [7, 11) is 0. The van der Waals surface area contributed by atoms with Crippen LogP contribution < -0.4 is 21.3 Å². The van der Waals surface area contributed by atoms with Crippen molar-refractivity contribution in [2.45, 2.75) is 13.0 Å². The average molecular weight is 258 g/mol. The zero-order valence-corrected chi connectivity index (χ0v) is 9.82. The quantitative estimate of drug-likeness (QED) is 0.424. The summed E-state index contributed by atoms with van der Waals surface area (Å²) in [4.78, 5) is 22.4. The molecule has 4 N–H and O–H groups in total. The molecule has 1 aromatic rings. The highest BCUT2D eigenvalue weighted by Crippen LogP contribution is 2.15. The highest BCUT2D eigenvalue weighted by molar-refractivity contribution is 6.30. The van der Waals surface area contributed by atoms with Gasteiger partial charge >= 0.3 is 6.09 Å². The molecular weight excluding hydrogens is 246 g/mol. The number of rotatable bonds is 3. The predicted octanol–water partition coefficient (Wildman–Crippen LogP) is 0.807. The predicted molar refractivity (Wildman–Crippen MR) is 62.4 cm³/mol. The molecule has 0 saturated carbocycles. The number of amides is 2. The van der Waals surface area contributed by atoms with Gasteiger partial charge in [-0.05, 0) is 31.2 Å². The van der Waals surface area contributed by atoms with Gasteiger partial charge in [0.2, 0.25) is 0 Å². The smallest absolute Gasteiger partial charge is 0.410 e. The van der Waals surface area contributed by atoms with Crippen LogP contribution in [-0.4, -0.2) is 18.0 Å². The van der Waals surface area contributed by atoms with Crippen LogP contribution in [0, 0.1) is 0 Å². The molecule has 1 rings (SSSR count). The van der Waals surface area contributed by atoms with Gasteiger partial charge in [0.05, 0.1) is 0 Å². The molecule has 0 bridgehead atoms. The lowest BCUT2D eigenvalue weighted by Gasteiger charge is -2.11. The lowest BCUT2D eigenvalue weighted by molar-refractivity contribution is -0.122. The molecule has 0 fully saturated rings. The van der Waals surface area contributed by atoms with Gasteiger partial charge in [-0.25, -0.2) is 10.6 Å². The number of ether oxygens (including phenoxy) is 1. The van der Waals surface area contributed by atoms with Gasteiger partial charge in [0.15, 0.2) is 0 Å². The Morgan fingerprint density at radius 2 is 1.94 bits per heavy atom. The van der Waals surface area contributed by atoms with Crippen molar-refractivity contribution in [2.75, 3.05) is 0 Å². The molecule has 6 nitrogen and oxygen atoms in total. The van der Waals surface area contributed by atoms with Crippen molar-refractivity contribution in [1.82, 2.24) is 10.7 Å². The topological polar surface area (TPSA) is 93.4 Å². The number of hydrazine groups is 1. The molecule has 0 radical (unpaired) electrons. The molecule has 0 aliphatic rings. The Balaban J connectivity index is 2.50. The average Bonchev–Trinajstić information content (AvgIpc) is 2.30. The number of hydrogen-bond donors (Lipinski definition) is 3. The molecule has 0 aromatic heterocycles. The summed E-state index contributed by atoms with van der Waals surface area (Å²) in [5.41, 5.74) is 1.91. The lowest BCUT2D eigenvalue weighted by Crippen LogP contribution is -2.47. The van der Waals surface area contributed by atoms with Gasteiger partial charge in [-0.3, -0.25) is 10.2 Å². The van der Waals surface area contributed by atoms with Crippen LogP contribution in [0.5, 0.6) is 5.75 Å². The van der Waals surface area contributed by atoms with Crippen molar-refractivity contribution in [3.63, 3.8) is 0 Å². The van der Waals surface area contributed by atoms with Gasteiger partial charge in [-0.15, -0.1) is 0 Å². The Kier molecular flexibility index (Phi) is 4.74. The van der Waals surface area contributed by atoms with Crippen molar-refractivity contribution in [3.8, 4) is 5.75 Å². The fourth-order valence-corrected chi connectivity index (χ4v) is 1.13. The zero-order valence-electron chi connectivity index (χ0n) is 9.07. The van der Waals surface area contributed by atoms with E-state index in [1.165, 1.54) is 19.1 Å². The molecular formula is C10H12ClN3O3. The molecule has 7 heteroatoms. The van der Waals surface area contributed by atoms with E-state index in [-0.39, 0.29) is 0 Å². The van der Waals surface area contributed by atoms with Crippen LogP contribution in [0.15, 0.2) is 24.3 Å². The summed E-state index contributed by atoms with van der Waals surface area (Å²) < 4.78 is 4.91. The molecule has 0 spiro atoms. The second-order valence-electron chi connectivity index (χ2n) is 3.22. The minimum Gasteiger partial charge on any atom is -0.410 e. The first-order chi connectivity index (χ1) is 8.02.